The lowest BCUT2D eigenvalue weighted by molar-refractivity contribution is -0.384. The van der Waals surface area contributed by atoms with Crippen LogP contribution in [0.15, 0.2) is 42.5 Å². The normalized spacial score (nSPS) is 12.3. The lowest BCUT2D eigenvalue weighted by Crippen LogP contribution is -2.35. The molecule has 0 radical (unpaired) electrons. The van der Waals surface area contributed by atoms with Crippen LogP contribution in [0.1, 0.15) is 5.56 Å². The number of likely N-dealkylation sites (N-methyl/N-ethyl adjacent to an activating group) is 1. The van der Waals surface area contributed by atoms with E-state index in [1.165, 1.54) is 29.5 Å². The molecule has 0 aliphatic carbocycles. The van der Waals surface area contributed by atoms with Crippen molar-refractivity contribution in [3.63, 3.8) is 0 Å². The fourth-order valence-corrected chi connectivity index (χ4v) is 3.99. The van der Waals surface area contributed by atoms with Crippen molar-refractivity contribution in [3.8, 4) is 11.5 Å². The minimum absolute atomic E-state index is 0. The van der Waals surface area contributed by atoms with Crippen molar-refractivity contribution in [2.75, 3.05) is 38.9 Å². The van der Waals surface area contributed by atoms with Gasteiger partial charge in [-0.1, -0.05) is 11.3 Å². The smallest absolute Gasteiger partial charge is 0.269 e. The summed E-state index contributed by atoms with van der Waals surface area (Å²) in [5.74, 6) is 1.10. The quantitative estimate of drug-likeness (QED) is 0.289. The number of nitrogens with zero attached hydrogens (tertiary/aromatic N) is 4. The Labute approximate surface area is 194 Å². The lowest BCUT2D eigenvalue weighted by Gasteiger charge is -2.20. The Kier molecular flexibility index (Phi) is 7.29. The number of carbonyl (C=O) groups excluding carboxylic acids is 1. The first-order chi connectivity index (χ1) is 14.9. The fraction of sp³-hybridized carbons (Fsp3) is 0.238. The third-order valence-electron chi connectivity index (χ3n) is 4.66. The number of rotatable bonds is 7. The summed E-state index contributed by atoms with van der Waals surface area (Å²) < 4.78 is 11.7. The Morgan fingerprint density at radius 2 is 1.88 bits per heavy atom. The lowest BCUT2D eigenvalue weighted by atomic mass is 10.2. The highest BCUT2D eigenvalue weighted by Gasteiger charge is 2.21. The molecule has 0 saturated carbocycles. The third kappa shape index (κ3) is 5.16. The number of carbonyl (C=O) groups is 1. The summed E-state index contributed by atoms with van der Waals surface area (Å²) in [5, 5.41) is 11.4. The molecule has 0 fully saturated rings. The van der Waals surface area contributed by atoms with Crippen LogP contribution in [-0.4, -0.2) is 54.7 Å². The molecule has 0 bridgehead atoms. The zero-order chi connectivity index (χ0) is 22.0. The minimum Gasteiger partial charge on any atom is -0.454 e. The predicted molar refractivity (Wildman–Crippen MR) is 126 cm³/mol. The molecule has 0 spiro atoms. The summed E-state index contributed by atoms with van der Waals surface area (Å²) >= 11 is 1.41. The first kappa shape index (κ1) is 23.5. The van der Waals surface area contributed by atoms with Crippen molar-refractivity contribution < 1.29 is 19.2 Å². The number of ether oxygens (including phenoxy) is 2. The van der Waals surface area contributed by atoms with Gasteiger partial charge >= 0.3 is 0 Å². The average Bonchev–Trinajstić information content (AvgIpc) is 3.36. The molecule has 0 N–H and O–H groups in total. The summed E-state index contributed by atoms with van der Waals surface area (Å²) in [6, 6.07) is 9.71. The van der Waals surface area contributed by atoms with E-state index in [9.17, 15) is 14.9 Å². The maximum Gasteiger partial charge on any atom is 0.269 e. The first-order valence-electron chi connectivity index (χ1n) is 9.49. The molecule has 1 aromatic heterocycles. The van der Waals surface area contributed by atoms with Crippen molar-refractivity contribution in [1.29, 1.82) is 0 Å². The molecule has 1 aliphatic rings. The van der Waals surface area contributed by atoms with Gasteiger partial charge in [-0.25, -0.2) is 4.98 Å². The molecule has 2 aromatic carbocycles. The largest absolute Gasteiger partial charge is 0.454 e. The molecule has 11 heteroatoms. The maximum absolute atomic E-state index is 13.0. The topological polar surface area (TPSA) is 98.0 Å². The van der Waals surface area contributed by atoms with Crippen LogP contribution in [-0.2, 0) is 4.79 Å². The van der Waals surface area contributed by atoms with E-state index in [1.807, 2.05) is 31.1 Å². The Bertz CT molecular complexity index is 1120. The number of nitro benzene ring substituents is 1. The second-order valence-corrected chi connectivity index (χ2v) is 8.15. The van der Waals surface area contributed by atoms with Gasteiger partial charge in [-0.2, -0.15) is 0 Å². The van der Waals surface area contributed by atoms with Gasteiger partial charge in [-0.15, -0.1) is 12.4 Å². The van der Waals surface area contributed by atoms with Gasteiger partial charge in [0.05, 0.1) is 15.1 Å². The number of benzene rings is 2. The van der Waals surface area contributed by atoms with Crippen LogP contribution >= 0.6 is 23.7 Å². The van der Waals surface area contributed by atoms with E-state index < -0.39 is 4.92 Å². The van der Waals surface area contributed by atoms with Gasteiger partial charge in [0, 0.05) is 43.4 Å². The Morgan fingerprint density at radius 3 is 2.53 bits per heavy atom. The molecule has 0 atom stereocenters. The zero-order valence-electron chi connectivity index (χ0n) is 17.4. The fourth-order valence-electron chi connectivity index (χ4n) is 2.99. The molecule has 0 saturated heterocycles. The van der Waals surface area contributed by atoms with Gasteiger partial charge in [0.1, 0.15) is 0 Å². The van der Waals surface area contributed by atoms with Gasteiger partial charge in [0.2, 0.25) is 6.79 Å². The Hall–Kier alpha value is -3.21. The number of amides is 1. The summed E-state index contributed by atoms with van der Waals surface area (Å²) in [4.78, 5) is 31.6. The van der Waals surface area contributed by atoms with Crippen LogP contribution in [0, 0.1) is 10.1 Å². The Morgan fingerprint density at radius 1 is 1.19 bits per heavy atom. The van der Waals surface area contributed by atoms with Crippen molar-refractivity contribution in [2.24, 2.45) is 0 Å². The van der Waals surface area contributed by atoms with E-state index in [1.54, 1.807) is 23.1 Å². The second kappa shape index (κ2) is 9.94. The monoisotopic (exact) mass is 476 g/mol. The molecule has 2 heterocycles. The summed E-state index contributed by atoms with van der Waals surface area (Å²) in [7, 11) is 3.87. The molecule has 168 valence electrons. The number of thiazole rings is 1. The molecule has 0 unspecified atom stereocenters. The van der Waals surface area contributed by atoms with Crippen LogP contribution in [0.4, 0.5) is 10.8 Å². The maximum atomic E-state index is 13.0. The number of non-ortho nitro benzene ring substituents is 1. The van der Waals surface area contributed by atoms with Crippen molar-refractivity contribution in [2.45, 2.75) is 0 Å². The van der Waals surface area contributed by atoms with Gasteiger partial charge in [0.25, 0.3) is 11.6 Å². The zero-order valence-corrected chi connectivity index (χ0v) is 19.0. The molecule has 32 heavy (non-hydrogen) atoms. The number of nitro groups is 1. The number of anilines is 1. The minimum atomic E-state index is -0.458. The van der Waals surface area contributed by atoms with E-state index in [2.05, 4.69) is 4.98 Å². The molecule has 1 amide bonds. The number of aromatic nitrogens is 1. The second-order valence-electron chi connectivity index (χ2n) is 7.14. The van der Waals surface area contributed by atoms with Crippen LogP contribution < -0.4 is 14.4 Å². The van der Waals surface area contributed by atoms with Crippen molar-refractivity contribution in [1.82, 2.24) is 9.88 Å². The van der Waals surface area contributed by atoms with Crippen molar-refractivity contribution in [3.05, 3.63) is 58.2 Å². The van der Waals surface area contributed by atoms with Crippen LogP contribution in [0.5, 0.6) is 11.5 Å². The summed E-state index contributed by atoms with van der Waals surface area (Å²) in [5.41, 5.74) is 1.44. The molecule has 3 aromatic rings. The highest BCUT2D eigenvalue weighted by atomic mass is 35.5. The van der Waals surface area contributed by atoms with Crippen molar-refractivity contribution >= 4 is 56.8 Å². The van der Waals surface area contributed by atoms with E-state index in [0.717, 1.165) is 10.2 Å². The first-order valence-corrected chi connectivity index (χ1v) is 10.3. The third-order valence-corrected chi connectivity index (χ3v) is 5.70. The highest BCUT2D eigenvalue weighted by Crippen LogP contribution is 2.39. The average molecular weight is 477 g/mol. The van der Waals surface area contributed by atoms with Crippen LogP contribution in [0.25, 0.3) is 16.3 Å². The van der Waals surface area contributed by atoms with Gasteiger partial charge in [-0.3, -0.25) is 19.8 Å². The predicted octanol–water partition coefficient (Wildman–Crippen LogP) is 3.96. The van der Waals surface area contributed by atoms with Gasteiger partial charge in [0.15, 0.2) is 16.6 Å². The van der Waals surface area contributed by atoms with E-state index >= 15 is 0 Å². The number of halogens is 1. The molecule has 9 nitrogen and oxygen atoms in total. The summed E-state index contributed by atoms with van der Waals surface area (Å²) in [6.45, 7) is 1.32. The Balaban J connectivity index is 0.00000289. The van der Waals surface area contributed by atoms with Crippen LogP contribution in [0.3, 0.4) is 0 Å². The molecular formula is C21H21ClN4O5S. The van der Waals surface area contributed by atoms with E-state index in [0.29, 0.717) is 35.3 Å². The highest BCUT2D eigenvalue weighted by molar-refractivity contribution is 7.22. The molecule has 1 aliphatic heterocycles. The standard InChI is InChI=1S/C21H20N4O5S.ClH/c1-23(2)9-10-24(20(26)8-5-14-3-6-15(7-4-14)25(27)28)21-22-16-11-17-18(30-13-29-17)12-19(16)31-21;/h3-8,11-12H,9-10,13H2,1-2H3;1H. The van der Waals surface area contributed by atoms with E-state index in [-0.39, 0.29) is 30.8 Å². The van der Waals surface area contributed by atoms with Gasteiger partial charge in [-0.05, 0) is 37.9 Å². The number of hydrogen-bond donors (Lipinski definition) is 0. The van der Waals surface area contributed by atoms with E-state index in [4.69, 9.17) is 9.47 Å². The number of fused-ring (bicyclic) bond motifs is 2. The van der Waals surface area contributed by atoms with Gasteiger partial charge < -0.3 is 14.4 Å². The SMILES string of the molecule is CN(C)CCN(C(=O)C=Cc1ccc([N+](=O)[O-])cc1)c1nc2cc3c(cc2s1)OCO3.Cl. The molecular weight excluding hydrogens is 456 g/mol. The summed E-state index contributed by atoms with van der Waals surface area (Å²) in [6.07, 6.45) is 3.09. The number of hydrogen-bond acceptors (Lipinski definition) is 8. The van der Waals surface area contributed by atoms with Crippen LogP contribution in [0.2, 0.25) is 0 Å². The molecule has 4 rings (SSSR count).